The van der Waals surface area contributed by atoms with Gasteiger partial charge in [0.15, 0.2) is 0 Å². The zero-order chi connectivity index (χ0) is 22.2. The second-order valence-electron chi connectivity index (χ2n) is 7.14. The van der Waals surface area contributed by atoms with Gasteiger partial charge in [-0.1, -0.05) is 12.1 Å². The van der Waals surface area contributed by atoms with Crippen molar-refractivity contribution in [3.05, 3.63) is 71.3 Å². The molecule has 0 unspecified atom stereocenters. The number of carbonyl (C=O) groups excluding carboxylic acids is 1. The Morgan fingerprint density at radius 2 is 1.87 bits per heavy atom. The fourth-order valence-electron chi connectivity index (χ4n) is 3.30. The molecule has 31 heavy (non-hydrogen) atoms. The van der Waals surface area contributed by atoms with Crippen LogP contribution >= 0.6 is 0 Å². The highest BCUT2D eigenvalue weighted by molar-refractivity contribution is 5.77. The van der Waals surface area contributed by atoms with Crippen LogP contribution in [0.25, 0.3) is 11.1 Å². The zero-order valence-corrected chi connectivity index (χ0v) is 16.7. The number of halogens is 3. The molecule has 0 radical (unpaired) electrons. The number of ether oxygens (including phenoxy) is 2. The first-order valence-corrected chi connectivity index (χ1v) is 9.37. The molecule has 0 atom stereocenters. The first-order chi connectivity index (χ1) is 14.7. The minimum atomic E-state index is -4.46. The molecule has 2 heterocycles. The Balaban J connectivity index is 1.63. The van der Waals surface area contributed by atoms with Crippen molar-refractivity contribution in [2.24, 2.45) is 0 Å². The number of hydrogen-bond donors (Lipinski definition) is 0. The SMILES string of the molecule is COc1cc(C(F)(F)F)ccc1-c1ccc2c(c1)CN(Cc1ncc(C)cn1)C(=O)O2. The van der Waals surface area contributed by atoms with Crippen molar-refractivity contribution in [3.63, 3.8) is 0 Å². The number of aryl methyl sites for hydroxylation is 1. The second-order valence-corrected chi connectivity index (χ2v) is 7.14. The Morgan fingerprint density at radius 1 is 1.13 bits per heavy atom. The molecule has 1 aliphatic rings. The van der Waals surface area contributed by atoms with Crippen LogP contribution in [0, 0.1) is 6.92 Å². The number of amides is 1. The van der Waals surface area contributed by atoms with Crippen molar-refractivity contribution < 1.29 is 27.4 Å². The lowest BCUT2D eigenvalue weighted by Crippen LogP contribution is -2.36. The van der Waals surface area contributed by atoms with Crippen molar-refractivity contribution in [3.8, 4) is 22.6 Å². The summed E-state index contributed by atoms with van der Waals surface area (Å²) in [6.45, 7) is 2.29. The van der Waals surface area contributed by atoms with Gasteiger partial charge in [-0.3, -0.25) is 4.90 Å². The molecule has 6 nitrogen and oxygen atoms in total. The maximum atomic E-state index is 13.0. The molecule has 0 bridgehead atoms. The van der Waals surface area contributed by atoms with Gasteiger partial charge in [0, 0.05) is 23.5 Å². The molecule has 1 aromatic heterocycles. The fraction of sp³-hybridized carbons (Fsp3) is 0.227. The molecule has 0 N–H and O–H groups in total. The maximum absolute atomic E-state index is 13.0. The summed E-state index contributed by atoms with van der Waals surface area (Å²) in [7, 11) is 1.32. The number of fused-ring (bicyclic) bond motifs is 1. The molecular weight excluding hydrogens is 411 g/mol. The van der Waals surface area contributed by atoms with Crippen molar-refractivity contribution >= 4 is 6.09 Å². The van der Waals surface area contributed by atoms with Crippen LogP contribution in [0.1, 0.15) is 22.5 Å². The molecule has 160 valence electrons. The normalized spacial score (nSPS) is 13.6. The molecule has 0 saturated heterocycles. The van der Waals surface area contributed by atoms with Gasteiger partial charge in [0.2, 0.25) is 0 Å². The summed E-state index contributed by atoms with van der Waals surface area (Å²) in [6, 6.07) is 8.43. The van der Waals surface area contributed by atoms with E-state index in [1.54, 1.807) is 30.6 Å². The number of rotatable bonds is 4. The van der Waals surface area contributed by atoms with Crippen LogP contribution in [0.2, 0.25) is 0 Å². The molecule has 0 spiro atoms. The molecule has 3 aromatic rings. The Hall–Kier alpha value is -3.62. The van der Waals surface area contributed by atoms with Crippen LogP contribution in [0.4, 0.5) is 18.0 Å². The average molecular weight is 429 g/mol. The highest BCUT2D eigenvalue weighted by atomic mass is 19.4. The molecule has 1 amide bonds. The van der Waals surface area contributed by atoms with Crippen LogP contribution < -0.4 is 9.47 Å². The van der Waals surface area contributed by atoms with Crippen molar-refractivity contribution in [2.75, 3.05) is 7.11 Å². The average Bonchev–Trinajstić information content (AvgIpc) is 2.74. The Morgan fingerprint density at radius 3 is 2.55 bits per heavy atom. The minimum absolute atomic E-state index is 0.104. The molecule has 1 aliphatic heterocycles. The maximum Gasteiger partial charge on any atom is 0.416 e. The largest absolute Gasteiger partial charge is 0.496 e. The third-order valence-corrected chi connectivity index (χ3v) is 4.88. The molecule has 2 aromatic carbocycles. The van der Waals surface area contributed by atoms with E-state index >= 15 is 0 Å². The fourth-order valence-corrected chi connectivity index (χ4v) is 3.30. The van der Waals surface area contributed by atoms with Crippen LogP contribution in [0.15, 0.2) is 48.8 Å². The first kappa shape index (κ1) is 20.6. The summed E-state index contributed by atoms with van der Waals surface area (Å²) in [5.74, 6) is 0.986. The zero-order valence-electron chi connectivity index (χ0n) is 16.7. The van der Waals surface area contributed by atoms with Crippen LogP contribution in [0.5, 0.6) is 11.5 Å². The van der Waals surface area contributed by atoms with E-state index in [1.807, 2.05) is 6.92 Å². The topological polar surface area (TPSA) is 64.5 Å². The van der Waals surface area contributed by atoms with Gasteiger partial charge in [-0.05, 0) is 42.3 Å². The highest BCUT2D eigenvalue weighted by Gasteiger charge is 2.32. The van der Waals surface area contributed by atoms with E-state index in [4.69, 9.17) is 9.47 Å². The summed E-state index contributed by atoms with van der Waals surface area (Å²) < 4.78 is 49.7. The quantitative estimate of drug-likeness (QED) is 0.584. The third-order valence-electron chi connectivity index (χ3n) is 4.88. The molecular formula is C22H18F3N3O3. The van der Waals surface area contributed by atoms with Gasteiger partial charge in [0.05, 0.1) is 25.8 Å². The summed E-state index contributed by atoms with van der Waals surface area (Å²) in [4.78, 5) is 22.2. The van der Waals surface area contributed by atoms with Crippen molar-refractivity contribution in [1.82, 2.24) is 14.9 Å². The number of carbonyl (C=O) groups is 1. The molecule has 0 aliphatic carbocycles. The lowest BCUT2D eigenvalue weighted by molar-refractivity contribution is -0.137. The van der Waals surface area contributed by atoms with Crippen LogP contribution in [-0.2, 0) is 19.3 Å². The summed E-state index contributed by atoms with van der Waals surface area (Å²) >= 11 is 0. The van der Waals surface area contributed by atoms with Crippen LogP contribution in [0.3, 0.4) is 0 Å². The Kier molecular flexibility index (Phi) is 5.26. The summed E-state index contributed by atoms with van der Waals surface area (Å²) in [5.41, 5.74) is 1.98. The third kappa shape index (κ3) is 4.30. The first-order valence-electron chi connectivity index (χ1n) is 9.37. The molecule has 0 saturated carbocycles. The lowest BCUT2D eigenvalue weighted by atomic mass is 9.99. The van der Waals surface area contributed by atoms with Crippen molar-refractivity contribution in [2.45, 2.75) is 26.2 Å². The Labute approximate surface area is 176 Å². The number of nitrogens with zero attached hydrogens (tertiary/aromatic N) is 3. The minimum Gasteiger partial charge on any atom is -0.496 e. The van der Waals surface area contributed by atoms with Crippen LogP contribution in [-0.4, -0.2) is 28.1 Å². The number of hydrogen-bond acceptors (Lipinski definition) is 5. The van der Waals surface area contributed by atoms with Gasteiger partial charge < -0.3 is 9.47 Å². The van der Waals surface area contributed by atoms with Gasteiger partial charge in [0.25, 0.3) is 0 Å². The standard InChI is InChI=1S/C22H18F3N3O3/c1-13-9-26-20(27-10-13)12-28-11-15-7-14(3-6-18(15)31-21(28)29)17-5-4-16(22(23,24)25)8-19(17)30-2/h3-10H,11-12H2,1-2H3. The molecule has 4 rings (SSSR count). The molecule has 9 heteroatoms. The van der Waals surface area contributed by atoms with Crippen molar-refractivity contribution in [1.29, 1.82) is 0 Å². The van der Waals surface area contributed by atoms with Gasteiger partial charge in [-0.2, -0.15) is 13.2 Å². The predicted octanol–water partition coefficient (Wildman–Crippen LogP) is 4.99. The van der Waals surface area contributed by atoms with E-state index in [0.29, 0.717) is 28.3 Å². The second kappa shape index (κ2) is 7.90. The lowest BCUT2D eigenvalue weighted by Gasteiger charge is -2.28. The van der Waals surface area contributed by atoms with E-state index < -0.39 is 17.8 Å². The number of methoxy groups -OCH3 is 1. The van der Waals surface area contributed by atoms with E-state index in [9.17, 15) is 18.0 Å². The Bertz CT molecular complexity index is 1130. The van der Waals surface area contributed by atoms with E-state index in [2.05, 4.69) is 9.97 Å². The van der Waals surface area contributed by atoms with E-state index in [0.717, 1.165) is 17.7 Å². The van der Waals surface area contributed by atoms with Gasteiger partial charge in [-0.15, -0.1) is 0 Å². The summed E-state index contributed by atoms with van der Waals surface area (Å²) in [6.07, 6.45) is -1.65. The smallest absolute Gasteiger partial charge is 0.416 e. The molecule has 0 fully saturated rings. The summed E-state index contributed by atoms with van der Waals surface area (Å²) in [5, 5.41) is 0. The predicted molar refractivity (Wildman–Crippen MR) is 105 cm³/mol. The number of benzene rings is 2. The number of aromatic nitrogens is 2. The highest BCUT2D eigenvalue weighted by Crippen LogP contribution is 2.39. The monoisotopic (exact) mass is 429 g/mol. The van der Waals surface area contributed by atoms with Gasteiger partial charge >= 0.3 is 12.3 Å². The van der Waals surface area contributed by atoms with E-state index in [1.165, 1.54) is 18.1 Å². The van der Waals surface area contributed by atoms with Gasteiger partial charge in [-0.25, -0.2) is 14.8 Å². The number of alkyl halides is 3. The van der Waals surface area contributed by atoms with Gasteiger partial charge in [0.1, 0.15) is 17.3 Å². The van der Waals surface area contributed by atoms with E-state index in [-0.39, 0.29) is 18.8 Å².